The van der Waals surface area contributed by atoms with Crippen LogP contribution in [0.3, 0.4) is 0 Å². The highest BCUT2D eigenvalue weighted by atomic mass is 35.5. The predicted molar refractivity (Wildman–Crippen MR) is 222 cm³/mol. The molecule has 11 nitrogen and oxygen atoms in total. The molecule has 0 saturated carbocycles. The molecule has 0 N–H and O–H groups in total. The zero-order chi connectivity index (χ0) is 37.7. The molecule has 2 aromatic carbocycles. The highest BCUT2D eigenvalue weighted by Crippen LogP contribution is 2.29. The summed E-state index contributed by atoms with van der Waals surface area (Å²) < 4.78 is 21.3. The third-order valence-corrected chi connectivity index (χ3v) is 10.7. The number of nitrogens with zero attached hydrogens (tertiary/aromatic N) is 8. The molecule has 0 radical (unpaired) electrons. The number of imidazole rings is 2. The van der Waals surface area contributed by atoms with Gasteiger partial charge in [0.1, 0.15) is 5.75 Å². The van der Waals surface area contributed by atoms with E-state index in [4.69, 9.17) is 25.8 Å². The molecule has 6 aromatic rings. The van der Waals surface area contributed by atoms with Crippen LogP contribution in [0.4, 0.5) is 11.4 Å². The molecule has 2 aliphatic rings. The lowest BCUT2D eigenvalue weighted by molar-refractivity contribution is 0.238. The molecule has 2 aliphatic heterocycles. The maximum atomic E-state index is 6.32. The fraction of sp³-hybridized carbons (Fsp3) is 0.395. The normalized spacial score (nSPS) is 15.2. The summed E-state index contributed by atoms with van der Waals surface area (Å²) in [6.45, 7) is 12.2. The van der Waals surface area contributed by atoms with Crippen molar-refractivity contribution >= 4 is 34.3 Å². The number of anilines is 2. The van der Waals surface area contributed by atoms with Gasteiger partial charge in [-0.2, -0.15) is 0 Å². The van der Waals surface area contributed by atoms with E-state index in [1.165, 1.54) is 5.69 Å². The van der Waals surface area contributed by atoms with Gasteiger partial charge in [-0.3, -0.25) is 9.80 Å². The first-order valence-electron chi connectivity index (χ1n) is 19.6. The van der Waals surface area contributed by atoms with Gasteiger partial charge in [-0.25, -0.2) is 9.97 Å². The number of pyridine rings is 2. The van der Waals surface area contributed by atoms with Gasteiger partial charge in [0.05, 0.1) is 36.7 Å². The van der Waals surface area contributed by atoms with Crippen LogP contribution in [0.25, 0.3) is 11.3 Å². The second kappa shape index (κ2) is 19.6. The highest BCUT2D eigenvalue weighted by Gasteiger charge is 2.20. The Morgan fingerprint density at radius 1 is 0.527 bits per heavy atom. The minimum absolute atomic E-state index is 0.728. The lowest BCUT2D eigenvalue weighted by atomic mass is 10.2. The number of unbranched alkanes of at least 4 members (excludes halogenated alkanes) is 2. The van der Waals surface area contributed by atoms with Gasteiger partial charge in [0.2, 0.25) is 0 Å². The number of ether oxygens (including phenoxy) is 3. The SMILES string of the molecule is COc1ccccc1N1CCN(CCCCOc2cccn3ccnc23)CC1.Clc1ccccc1N1CCN(CCCCOc2cccn3ccnc23)CC1. The van der Waals surface area contributed by atoms with Crippen LogP contribution in [0.2, 0.25) is 5.02 Å². The predicted octanol–water partition coefficient (Wildman–Crippen LogP) is 7.29. The van der Waals surface area contributed by atoms with Gasteiger partial charge in [0.25, 0.3) is 0 Å². The summed E-state index contributed by atoms with van der Waals surface area (Å²) >= 11 is 6.32. The van der Waals surface area contributed by atoms with Crippen LogP contribution in [0.1, 0.15) is 25.7 Å². The number of methoxy groups -OCH3 is 1. The third kappa shape index (κ3) is 10.2. The van der Waals surface area contributed by atoms with E-state index in [1.54, 1.807) is 19.5 Å². The molecule has 0 spiro atoms. The maximum Gasteiger partial charge on any atom is 0.179 e. The average molecular weight is 765 g/mol. The zero-order valence-electron chi connectivity index (χ0n) is 31.9. The number of hydrogen-bond donors (Lipinski definition) is 0. The Morgan fingerprint density at radius 2 is 1.00 bits per heavy atom. The summed E-state index contributed by atoms with van der Waals surface area (Å²) in [5.41, 5.74) is 4.12. The zero-order valence-corrected chi connectivity index (χ0v) is 32.6. The first-order chi connectivity index (χ1) is 27.2. The van der Waals surface area contributed by atoms with Gasteiger partial charge in [-0.15, -0.1) is 0 Å². The number of aromatic nitrogens is 4. The van der Waals surface area contributed by atoms with Gasteiger partial charge in [0, 0.05) is 89.5 Å². The topological polar surface area (TPSA) is 75.2 Å². The Hall–Kier alpha value is -4.97. The minimum atomic E-state index is 0.728. The van der Waals surface area contributed by atoms with Crippen LogP contribution in [-0.4, -0.2) is 114 Å². The largest absolute Gasteiger partial charge is 0.495 e. The monoisotopic (exact) mass is 764 g/mol. The Bertz CT molecular complexity index is 2050. The molecule has 2 saturated heterocycles. The Balaban J connectivity index is 0.000000169. The Kier molecular flexibility index (Phi) is 13.6. The van der Waals surface area contributed by atoms with Gasteiger partial charge >= 0.3 is 0 Å². The van der Waals surface area contributed by atoms with Gasteiger partial charge < -0.3 is 32.8 Å². The number of rotatable bonds is 15. The van der Waals surface area contributed by atoms with Crippen molar-refractivity contribution in [3.63, 3.8) is 0 Å². The first-order valence-corrected chi connectivity index (χ1v) is 20.0. The summed E-state index contributed by atoms with van der Waals surface area (Å²) in [4.78, 5) is 18.6. The van der Waals surface area contributed by atoms with E-state index >= 15 is 0 Å². The fourth-order valence-electron chi connectivity index (χ4n) is 7.33. The molecule has 0 unspecified atom stereocenters. The van der Waals surface area contributed by atoms with Crippen molar-refractivity contribution in [1.29, 1.82) is 0 Å². The van der Waals surface area contributed by atoms with Crippen LogP contribution in [0.5, 0.6) is 17.2 Å². The summed E-state index contributed by atoms with van der Waals surface area (Å²) in [5.74, 6) is 2.68. The van der Waals surface area contributed by atoms with Gasteiger partial charge in [0.15, 0.2) is 22.8 Å². The molecule has 0 bridgehead atoms. The number of halogens is 1. The number of hydrogen-bond acceptors (Lipinski definition) is 9. The fourth-order valence-corrected chi connectivity index (χ4v) is 7.59. The average Bonchev–Trinajstić information content (AvgIpc) is 3.93. The second-order valence-corrected chi connectivity index (χ2v) is 14.4. The van der Waals surface area contributed by atoms with E-state index in [0.717, 1.165) is 144 Å². The van der Waals surface area contributed by atoms with E-state index in [1.807, 2.05) is 82.1 Å². The van der Waals surface area contributed by atoms with Crippen molar-refractivity contribution in [1.82, 2.24) is 28.6 Å². The third-order valence-electron chi connectivity index (χ3n) is 10.4. The lowest BCUT2D eigenvalue weighted by Gasteiger charge is -2.36. The van der Waals surface area contributed by atoms with Crippen molar-refractivity contribution in [2.24, 2.45) is 0 Å². The van der Waals surface area contributed by atoms with Gasteiger partial charge in [-0.1, -0.05) is 35.9 Å². The molecule has 8 rings (SSSR count). The summed E-state index contributed by atoms with van der Waals surface area (Å²) in [7, 11) is 1.74. The number of benzene rings is 2. The standard InChI is InChI=1S/C22H28N4O2.C21H25ClN4O/c1-27-20-8-3-2-7-19(20)25-16-14-24(15-17-25)11-4-5-18-28-21-9-6-12-26-13-10-23-22(21)26;22-18-6-1-2-7-19(18)25-15-13-24(14-16-25)10-3-4-17-27-20-8-5-11-26-12-9-23-21(20)26/h2-3,6-10,12-13H,4-5,11,14-18H2,1H3;1-2,5-9,11-12H,3-4,10,13-17H2. The van der Waals surface area contributed by atoms with Crippen molar-refractivity contribution in [3.8, 4) is 17.2 Å². The lowest BCUT2D eigenvalue weighted by Crippen LogP contribution is -2.46. The molecule has 4 aromatic heterocycles. The van der Waals surface area contributed by atoms with Crippen molar-refractivity contribution in [3.05, 3.63) is 115 Å². The van der Waals surface area contributed by atoms with E-state index < -0.39 is 0 Å². The smallest absolute Gasteiger partial charge is 0.179 e. The summed E-state index contributed by atoms with van der Waals surface area (Å²) in [6, 6.07) is 24.3. The molecule has 2 fully saturated rings. The van der Waals surface area contributed by atoms with Gasteiger partial charge in [-0.05, 0) is 87.3 Å². The second-order valence-electron chi connectivity index (χ2n) is 14.0. The van der Waals surface area contributed by atoms with E-state index in [0.29, 0.717) is 0 Å². The van der Waals surface area contributed by atoms with E-state index in [-0.39, 0.29) is 0 Å². The number of para-hydroxylation sites is 3. The van der Waals surface area contributed by atoms with Crippen LogP contribution in [0, 0.1) is 0 Å². The van der Waals surface area contributed by atoms with Crippen LogP contribution >= 0.6 is 11.6 Å². The van der Waals surface area contributed by atoms with Crippen LogP contribution in [-0.2, 0) is 0 Å². The molecule has 0 atom stereocenters. The molecular weight excluding hydrogens is 712 g/mol. The van der Waals surface area contributed by atoms with E-state index in [9.17, 15) is 0 Å². The summed E-state index contributed by atoms with van der Waals surface area (Å²) in [5, 5.41) is 0.843. The van der Waals surface area contributed by atoms with Crippen molar-refractivity contribution < 1.29 is 14.2 Å². The maximum absolute atomic E-state index is 6.32. The molecule has 55 heavy (non-hydrogen) atoms. The minimum Gasteiger partial charge on any atom is -0.495 e. The molecular formula is C43H53ClN8O3. The Labute approximate surface area is 329 Å². The molecule has 0 aliphatic carbocycles. The quantitative estimate of drug-likeness (QED) is 0.100. The number of fused-ring (bicyclic) bond motifs is 2. The molecule has 290 valence electrons. The molecule has 0 amide bonds. The molecule has 12 heteroatoms. The number of piperazine rings is 2. The van der Waals surface area contributed by atoms with Crippen LogP contribution < -0.4 is 24.0 Å². The van der Waals surface area contributed by atoms with Crippen molar-refractivity contribution in [2.75, 3.05) is 95.6 Å². The first kappa shape index (κ1) is 38.3. The Morgan fingerprint density at radius 3 is 1.53 bits per heavy atom. The van der Waals surface area contributed by atoms with E-state index in [2.05, 4.69) is 53.8 Å². The van der Waals surface area contributed by atoms with Crippen molar-refractivity contribution in [2.45, 2.75) is 25.7 Å². The summed E-state index contributed by atoms with van der Waals surface area (Å²) in [6.07, 6.45) is 15.8. The highest BCUT2D eigenvalue weighted by molar-refractivity contribution is 6.33. The van der Waals surface area contributed by atoms with Crippen LogP contribution in [0.15, 0.2) is 110 Å². The molecule has 6 heterocycles.